The number of nitrogens with one attached hydrogen (secondary N) is 1. The van der Waals surface area contributed by atoms with Crippen molar-refractivity contribution in [3.05, 3.63) is 71.2 Å². The Hall–Kier alpha value is -3.70. The third kappa shape index (κ3) is 3.49. The first kappa shape index (κ1) is 16.8. The summed E-state index contributed by atoms with van der Waals surface area (Å²) in [6.07, 6.45) is 3.56. The van der Waals surface area contributed by atoms with Crippen molar-refractivity contribution < 1.29 is 4.42 Å². The topological polar surface area (TPSA) is 92.0 Å². The van der Waals surface area contributed by atoms with Crippen LogP contribution in [0.4, 0.5) is 5.88 Å². The molecular formula is C19H14N6OS. The van der Waals surface area contributed by atoms with Crippen molar-refractivity contribution in [2.75, 3.05) is 5.43 Å². The maximum absolute atomic E-state index is 9.07. The number of hydrogen-bond acceptors (Lipinski definition) is 7. The molecule has 0 amide bonds. The highest BCUT2D eigenvalue weighted by Crippen LogP contribution is 2.27. The van der Waals surface area contributed by atoms with Gasteiger partial charge in [0.15, 0.2) is 5.89 Å². The average molecular weight is 374 g/mol. The minimum absolute atomic E-state index is 0.170. The molecule has 0 aliphatic carbocycles. The molecule has 0 atom stereocenters. The van der Waals surface area contributed by atoms with E-state index in [0.717, 1.165) is 21.8 Å². The zero-order valence-electron chi connectivity index (χ0n) is 14.3. The lowest BCUT2D eigenvalue weighted by Gasteiger charge is -1.98. The number of hydrogen-bond donors (Lipinski definition) is 1. The number of thiophene rings is 1. The van der Waals surface area contributed by atoms with Crippen LogP contribution in [0.1, 0.15) is 17.1 Å². The Morgan fingerprint density at radius 3 is 2.85 bits per heavy atom. The maximum Gasteiger partial charge on any atom is 0.252 e. The van der Waals surface area contributed by atoms with Crippen LogP contribution in [0.25, 0.3) is 16.3 Å². The Kier molecular flexibility index (Phi) is 4.51. The summed E-state index contributed by atoms with van der Waals surface area (Å²) in [4.78, 5) is 5.02. The molecule has 4 aromatic rings. The van der Waals surface area contributed by atoms with Crippen LogP contribution in [0, 0.1) is 18.3 Å². The van der Waals surface area contributed by atoms with E-state index >= 15 is 0 Å². The number of aryl methyl sites for hydroxylation is 1. The lowest BCUT2D eigenvalue weighted by Crippen LogP contribution is -1.93. The summed E-state index contributed by atoms with van der Waals surface area (Å²) in [5.41, 5.74) is 5.53. The van der Waals surface area contributed by atoms with Gasteiger partial charge >= 0.3 is 0 Å². The Morgan fingerprint density at radius 1 is 1.26 bits per heavy atom. The molecule has 0 saturated heterocycles. The molecule has 3 heterocycles. The largest absolute Gasteiger partial charge is 0.422 e. The smallest absolute Gasteiger partial charge is 0.252 e. The van der Waals surface area contributed by atoms with Crippen LogP contribution in [-0.2, 0) is 0 Å². The molecular weight excluding hydrogens is 360 g/mol. The number of oxazole rings is 1. The first-order valence-electron chi connectivity index (χ1n) is 8.10. The van der Waals surface area contributed by atoms with Crippen molar-refractivity contribution >= 4 is 23.4 Å². The standard InChI is InChI=1S/C19H14N6OS/c1-13-22-16(10-20)19(26-13)23-21-11-14-12-25(15-6-3-2-4-7-15)24-18(14)17-8-5-9-27-17/h2-9,11-12,23H,1H3. The van der Waals surface area contributed by atoms with E-state index in [4.69, 9.17) is 14.8 Å². The summed E-state index contributed by atoms with van der Waals surface area (Å²) in [5.74, 6) is 0.625. The first-order chi connectivity index (χ1) is 13.2. The molecule has 0 unspecified atom stereocenters. The van der Waals surface area contributed by atoms with Gasteiger partial charge in [0, 0.05) is 18.7 Å². The summed E-state index contributed by atoms with van der Waals surface area (Å²) in [6, 6.07) is 15.8. The van der Waals surface area contributed by atoms with E-state index in [9.17, 15) is 0 Å². The molecule has 0 radical (unpaired) electrons. The van der Waals surface area contributed by atoms with Crippen LogP contribution in [-0.4, -0.2) is 21.0 Å². The Morgan fingerprint density at radius 2 is 2.11 bits per heavy atom. The summed E-state index contributed by atoms with van der Waals surface area (Å²) < 4.78 is 7.16. The zero-order valence-corrected chi connectivity index (χ0v) is 15.1. The number of nitriles is 1. The second-order valence-electron chi connectivity index (χ2n) is 5.58. The number of nitrogens with zero attached hydrogens (tertiary/aromatic N) is 5. The highest BCUT2D eigenvalue weighted by molar-refractivity contribution is 7.13. The number of para-hydroxylation sites is 1. The predicted octanol–water partition coefficient (Wildman–Crippen LogP) is 4.21. The van der Waals surface area contributed by atoms with E-state index in [0.29, 0.717) is 5.89 Å². The SMILES string of the molecule is Cc1nc(C#N)c(NN=Cc2cn(-c3ccccc3)nc2-c2cccs2)o1. The molecule has 7 nitrogen and oxygen atoms in total. The number of hydrazone groups is 1. The van der Waals surface area contributed by atoms with Gasteiger partial charge in [-0.15, -0.1) is 11.3 Å². The third-order valence-corrected chi connectivity index (χ3v) is 4.60. The Labute approximate surface area is 159 Å². The monoisotopic (exact) mass is 374 g/mol. The summed E-state index contributed by atoms with van der Waals surface area (Å²) >= 11 is 1.61. The molecule has 1 aromatic carbocycles. The summed E-state index contributed by atoms with van der Waals surface area (Å²) in [7, 11) is 0. The van der Waals surface area contributed by atoms with Crippen molar-refractivity contribution in [2.45, 2.75) is 6.92 Å². The zero-order chi connectivity index (χ0) is 18.6. The molecule has 0 aliphatic rings. The molecule has 0 spiro atoms. The average Bonchev–Trinajstić information content (AvgIpc) is 3.42. The molecule has 132 valence electrons. The van der Waals surface area contributed by atoms with Crippen LogP contribution in [0.2, 0.25) is 0 Å². The van der Waals surface area contributed by atoms with Crippen molar-refractivity contribution in [1.29, 1.82) is 5.26 Å². The third-order valence-electron chi connectivity index (χ3n) is 3.73. The number of rotatable bonds is 5. The molecule has 3 aromatic heterocycles. The van der Waals surface area contributed by atoms with Crippen LogP contribution in [0.3, 0.4) is 0 Å². The van der Waals surface area contributed by atoms with Crippen LogP contribution in [0.5, 0.6) is 0 Å². The maximum atomic E-state index is 9.07. The van der Waals surface area contributed by atoms with Gasteiger partial charge in [0.2, 0.25) is 5.69 Å². The van der Waals surface area contributed by atoms with Gasteiger partial charge < -0.3 is 4.42 Å². The second kappa shape index (κ2) is 7.27. The number of aromatic nitrogens is 3. The first-order valence-corrected chi connectivity index (χ1v) is 8.98. The van der Waals surface area contributed by atoms with Gasteiger partial charge in [-0.1, -0.05) is 24.3 Å². The van der Waals surface area contributed by atoms with Gasteiger partial charge in [-0.3, -0.25) is 0 Å². The fraction of sp³-hybridized carbons (Fsp3) is 0.0526. The van der Waals surface area contributed by atoms with E-state index in [1.807, 2.05) is 64.8 Å². The van der Waals surface area contributed by atoms with Crippen LogP contribution >= 0.6 is 11.3 Å². The number of anilines is 1. The highest BCUT2D eigenvalue weighted by atomic mass is 32.1. The van der Waals surface area contributed by atoms with E-state index < -0.39 is 0 Å². The van der Waals surface area contributed by atoms with E-state index in [1.54, 1.807) is 24.5 Å². The van der Waals surface area contributed by atoms with Crippen molar-refractivity contribution in [1.82, 2.24) is 14.8 Å². The molecule has 4 rings (SSSR count). The Bertz CT molecular complexity index is 1120. The fourth-order valence-electron chi connectivity index (χ4n) is 2.54. The van der Waals surface area contributed by atoms with E-state index in [-0.39, 0.29) is 11.6 Å². The fourth-order valence-corrected chi connectivity index (χ4v) is 3.27. The van der Waals surface area contributed by atoms with Crippen LogP contribution in [0.15, 0.2) is 63.6 Å². The van der Waals surface area contributed by atoms with Gasteiger partial charge in [0.1, 0.15) is 11.8 Å². The minimum atomic E-state index is 0.170. The van der Waals surface area contributed by atoms with E-state index in [1.165, 1.54) is 0 Å². The van der Waals surface area contributed by atoms with Crippen molar-refractivity contribution in [3.8, 4) is 22.3 Å². The molecule has 8 heteroatoms. The molecule has 1 N–H and O–H groups in total. The number of benzene rings is 1. The van der Waals surface area contributed by atoms with Gasteiger partial charge in [-0.2, -0.15) is 15.5 Å². The molecule has 0 fully saturated rings. The van der Waals surface area contributed by atoms with Gasteiger partial charge in [-0.05, 0) is 23.6 Å². The minimum Gasteiger partial charge on any atom is -0.422 e. The molecule has 0 saturated carbocycles. The molecule has 0 bridgehead atoms. The lowest BCUT2D eigenvalue weighted by molar-refractivity contribution is 0.533. The van der Waals surface area contributed by atoms with Crippen molar-refractivity contribution in [2.24, 2.45) is 5.10 Å². The lowest BCUT2D eigenvalue weighted by atomic mass is 10.2. The molecule has 27 heavy (non-hydrogen) atoms. The predicted molar refractivity (Wildman–Crippen MR) is 104 cm³/mol. The van der Waals surface area contributed by atoms with E-state index in [2.05, 4.69) is 15.5 Å². The van der Waals surface area contributed by atoms with Crippen LogP contribution < -0.4 is 5.43 Å². The summed E-state index contributed by atoms with van der Waals surface area (Å²) in [6.45, 7) is 1.68. The normalized spacial score (nSPS) is 11.0. The van der Waals surface area contributed by atoms with Gasteiger partial charge in [-0.25, -0.2) is 15.1 Å². The molecule has 0 aliphatic heterocycles. The summed E-state index contributed by atoms with van der Waals surface area (Å²) in [5, 5.41) is 20.0. The van der Waals surface area contributed by atoms with Crippen molar-refractivity contribution in [3.63, 3.8) is 0 Å². The highest BCUT2D eigenvalue weighted by Gasteiger charge is 2.13. The van der Waals surface area contributed by atoms with Gasteiger partial charge in [0.25, 0.3) is 5.88 Å². The Balaban J connectivity index is 1.67. The van der Waals surface area contributed by atoms with Gasteiger partial charge in [0.05, 0.1) is 16.8 Å². The second-order valence-corrected chi connectivity index (χ2v) is 6.53. The quantitative estimate of drug-likeness (QED) is 0.417.